The highest BCUT2D eigenvalue weighted by Gasteiger charge is 2.07. The Morgan fingerprint density at radius 3 is 2.23 bits per heavy atom. The highest BCUT2D eigenvalue weighted by Crippen LogP contribution is 2.14. The van der Waals surface area contributed by atoms with Gasteiger partial charge in [-0.15, -0.1) is 0 Å². The van der Waals surface area contributed by atoms with Crippen LogP contribution in [0.3, 0.4) is 0 Å². The smallest absolute Gasteiger partial charge is 0.0197 e. The van der Waals surface area contributed by atoms with Crippen molar-refractivity contribution in [3.8, 4) is 0 Å². The first-order valence-electron chi connectivity index (χ1n) is 5.36. The van der Waals surface area contributed by atoms with E-state index < -0.39 is 0 Å². The minimum absolute atomic E-state index is 0.715. The van der Waals surface area contributed by atoms with E-state index in [1.807, 2.05) is 0 Å². The topological polar surface area (TPSA) is 3.24 Å². The van der Waals surface area contributed by atoms with Gasteiger partial charge >= 0.3 is 0 Å². The Hall–Kier alpha value is -0.460. The molecule has 0 fully saturated rings. The van der Waals surface area contributed by atoms with Crippen molar-refractivity contribution >= 4 is 0 Å². The second-order valence-electron chi connectivity index (χ2n) is 4.56. The fourth-order valence-corrected chi connectivity index (χ4v) is 1.35. The zero-order valence-corrected chi connectivity index (χ0v) is 9.93. The minimum Gasteiger partial charge on any atom is -0.378 e. The summed E-state index contributed by atoms with van der Waals surface area (Å²) >= 11 is 0. The largest absolute Gasteiger partial charge is 0.378 e. The van der Waals surface area contributed by atoms with Gasteiger partial charge in [0.25, 0.3) is 0 Å². The maximum atomic E-state index is 4.11. The van der Waals surface area contributed by atoms with Crippen LogP contribution in [0.4, 0.5) is 0 Å². The van der Waals surface area contributed by atoms with Gasteiger partial charge in [-0.3, -0.25) is 0 Å². The summed E-state index contributed by atoms with van der Waals surface area (Å²) in [6.07, 6.45) is 2.37. The van der Waals surface area contributed by atoms with E-state index in [1.54, 1.807) is 0 Å². The average molecular weight is 183 g/mol. The molecule has 0 saturated heterocycles. The molecule has 0 rings (SSSR count). The van der Waals surface area contributed by atoms with Crippen LogP contribution in [-0.4, -0.2) is 18.5 Å². The maximum absolute atomic E-state index is 4.11. The molecular formula is C12H25N. The SMILES string of the molecule is C=C(CC(C)C)N(C)CC(C)CC. The quantitative estimate of drug-likeness (QED) is 0.609. The maximum Gasteiger partial charge on any atom is 0.0197 e. The predicted molar refractivity (Wildman–Crippen MR) is 60.7 cm³/mol. The van der Waals surface area contributed by atoms with Crippen molar-refractivity contribution in [2.24, 2.45) is 11.8 Å². The van der Waals surface area contributed by atoms with E-state index >= 15 is 0 Å². The molecule has 0 aliphatic rings. The van der Waals surface area contributed by atoms with Gasteiger partial charge in [-0.2, -0.15) is 0 Å². The predicted octanol–water partition coefficient (Wildman–Crippen LogP) is 3.52. The van der Waals surface area contributed by atoms with Gasteiger partial charge in [0.05, 0.1) is 0 Å². The lowest BCUT2D eigenvalue weighted by atomic mass is 10.1. The van der Waals surface area contributed by atoms with E-state index in [0.29, 0.717) is 5.92 Å². The highest BCUT2D eigenvalue weighted by molar-refractivity contribution is 4.93. The normalized spacial score (nSPS) is 13.1. The first-order chi connectivity index (χ1) is 5.97. The van der Waals surface area contributed by atoms with Crippen molar-refractivity contribution < 1.29 is 0 Å². The van der Waals surface area contributed by atoms with Crippen LogP contribution in [0.2, 0.25) is 0 Å². The van der Waals surface area contributed by atoms with Crippen LogP contribution in [-0.2, 0) is 0 Å². The van der Waals surface area contributed by atoms with Crippen LogP contribution in [0.1, 0.15) is 40.5 Å². The molecule has 0 saturated carbocycles. The molecule has 0 amide bonds. The summed E-state index contributed by atoms with van der Waals surface area (Å²) in [4.78, 5) is 2.30. The molecule has 78 valence electrons. The molecule has 13 heavy (non-hydrogen) atoms. The summed E-state index contributed by atoms with van der Waals surface area (Å²) in [5, 5.41) is 0. The molecule has 0 aromatic rings. The Bertz CT molecular complexity index is 149. The van der Waals surface area contributed by atoms with Gasteiger partial charge < -0.3 is 4.90 Å². The van der Waals surface area contributed by atoms with E-state index in [9.17, 15) is 0 Å². The molecule has 0 spiro atoms. The van der Waals surface area contributed by atoms with Crippen molar-refractivity contribution in [3.05, 3.63) is 12.3 Å². The Kier molecular flexibility index (Phi) is 5.85. The van der Waals surface area contributed by atoms with E-state index in [0.717, 1.165) is 18.9 Å². The fourth-order valence-electron chi connectivity index (χ4n) is 1.35. The zero-order valence-electron chi connectivity index (χ0n) is 9.93. The van der Waals surface area contributed by atoms with Crippen LogP contribution in [0, 0.1) is 11.8 Å². The zero-order chi connectivity index (χ0) is 10.4. The number of hydrogen-bond donors (Lipinski definition) is 0. The minimum atomic E-state index is 0.715. The van der Waals surface area contributed by atoms with Gasteiger partial charge in [0, 0.05) is 19.3 Å². The average Bonchev–Trinajstić information content (AvgIpc) is 2.02. The van der Waals surface area contributed by atoms with E-state index in [4.69, 9.17) is 0 Å². The molecule has 0 aromatic carbocycles. The highest BCUT2D eigenvalue weighted by atomic mass is 15.1. The Balaban J connectivity index is 3.82. The first-order valence-corrected chi connectivity index (χ1v) is 5.36. The number of hydrogen-bond acceptors (Lipinski definition) is 1. The number of rotatable bonds is 6. The van der Waals surface area contributed by atoms with Crippen LogP contribution >= 0.6 is 0 Å². The van der Waals surface area contributed by atoms with E-state index in [1.165, 1.54) is 12.1 Å². The van der Waals surface area contributed by atoms with Crippen molar-refractivity contribution in [1.29, 1.82) is 0 Å². The number of nitrogens with zero attached hydrogens (tertiary/aromatic N) is 1. The lowest BCUT2D eigenvalue weighted by Gasteiger charge is -2.25. The summed E-state index contributed by atoms with van der Waals surface area (Å²) in [6.45, 7) is 14.3. The Morgan fingerprint density at radius 2 is 1.85 bits per heavy atom. The lowest BCUT2D eigenvalue weighted by molar-refractivity contribution is 0.324. The van der Waals surface area contributed by atoms with Gasteiger partial charge in [-0.05, 0) is 18.3 Å². The van der Waals surface area contributed by atoms with E-state index in [2.05, 4.69) is 46.2 Å². The van der Waals surface area contributed by atoms with Crippen molar-refractivity contribution in [2.75, 3.05) is 13.6 Å². The molecule has 0 aromatic heterocycles. The molecule has 1 nitrogen and oxygen atoms in total. The monoisotopic (exact) mass is 183 g/mol. The van der Waals surface area contributed by atoms with Gasteiger partial charge in [0.1, 0.15) is 0 Å². The Morgan fingerprint density at radius 1 is 1.31 bits per heavy atom. The van der Waals surface area contributed by atoms with Gasteiger partial charge in [0.2, 0.25) is 0 Å². The van der Waals surface area contributed by atoms with Crippen LogP contribution in [0.15, 0.2) is 12.3 Å². The first kappa shape index (κ1) is 12.5. The molecule has 0 aliphatic heterocycles. The third-order valence-electron chi connectivity index (χ3n) is 2.47. The van der Waals surface area contributed by atoms with E-state index in [-0.39, 0.29) is 0 Å². The summed E-state index contributed by atoms with van der Waals surface area (Å²) in [7, 11) is 2.15. The second kappa shape index (κ2) is 6.06. The standard InChI is InChI=1S/C12H25N/c1-7-11(4)9-13(6)12(5)8-10(2)3/h10-11H,5,7-9H2,1-4,6H3. The van der Waals surface area contributed by atoms with Crippen LogP contribution in [0.25, 0.3) is 0 Å². The molecular weight excluding hydrogens is 158 g/mol. The summed E-state index contributed by atoms with van der Waals surface area (Å²) in [6, 6.07) is 0. The summed E-state index contributed by atoms with van der Waals surface area (Å²) in [5.74, 6) is 1.49. The van der Waals surface area contributed by atoms with Crippen molar-refractivity contribution in [1.82, 2.24) is 4.90 Å². The third-order valence-corrected chi connectivity index (χ3v) is 2.47. The summed E-state index contributed by atoms with van der Waals surface area (Å²) in [5.41, 5.74) is 1.27. The summed E-state index contributed by atoms with van der Waals surface area (Å²) < 4.78 is 0. The molecule has 0 heterocycles. The van der Waals surface area contributed by atoms with Crippen molar-refractivity contribution in [3.63, 3.8) is 0 Å². The molecule has 1 unspecified atom stereocenters. The van der Waals surface area contributed by atoms with Gasteiger partial charge in [-0.25, -0.2) is 0 Å². The fraction of sp³-hybridized carbons (Fsp3) is 0.833. The van der Waals surface area contributed by atoms with Gasteiger partial charge in [-0.1, -0.05) is 40.7 Å². The third kappa shape index (κ3) is 5.73. The molecule has 0 radical (unpaired) electrons. The molecule has 0 N–H and O–H groups in total. The van der Waals surface area contributed by atoms with Crippen molar-refractivity contribution in [2.45, 2.75) is 40.5 Å². The molecule has 1 heteroatoms. The van der Waals surface area contributed by atoms with Crippen LogP contribution in [0.5, 0.6) is 0 Å². The lowest BCUT2D eigenvalue weighted by Crippen LogP contribution is -2.23. The molecule has 0 bridgehead atoms. The molecule has 0 aliphatic carbocycles. The van der Waals surface area contributed by atoms with Gasteiger partial charge in [0.15, 0.2) is 0 Å². The number of allylic oxidation sites excluding steroid dienone is 1. The Labute approximate surface area is 83.8 Å². The van der Waals surface area contributed by atoms with Crippen LogP contribution < -0.4 is 0 Å². The second-order valence-corrected chi connectivity index (χ2v) is 4.56. The molecule has 1 atom stereocenters.